The molecule has 3 aromatic carbocycles. The normalized spacial score (nSPS) is 15.6. The van der Waals surface area contributed by atoms with E-state index in [2.05, 4.69) is 5.32 Å². The standard InChI is InChI=1S/C26H25N3O4/c1-18-8-10-19(11-9-18)17-28-23(16-24(30)27-20-6-4-3-5-7-20)25(31)29(26(28)32)21-12-14-22(33-2)15-13-21/h3-15,23H,16-17H2,1-2H3,(H,27,30). The zero-order chi connectivity index (χ0) is 23.4. The number of amides is 4. The van der Waals surface area contributed by atoms with E-state index in [1.807, 2.05) is 49.4 Å². The molecule has 0 spiro atoms. The highest BCUT2D eigenvalue weighted by Gasteiger charge is 2.46. The van der Waals surface area contributed by atoms with Gasteiger partial charge < -0.3 is 15.0 Å². The molecule has 1 saturated heterocycles. The molecule has 33 heavy (non-hydrogen) atoms. The van der Waals surface area contributed by atoms with Gasteiger partial charge in [0, 0.05) is 12.2 Å². The summed E-state index contributed by atoms with van der Waals surface area (Å²) in [7, 11) is 1.55. The van der Waals surface area contributed by atoms with Gasteiger partial charge in [-0.2, -0.15) is 0 Å². The molecule has 1 fully saturated rings. The third-order valence-electron chi connectivity index (χ3n) is 5.56. The number of aryl methyl sites for hydroxylation is 1. The van der Waals surface area contributed by atoms with Crippen LogP contribution in [0, 0.1) is 6.92 Å². The molecular weight excluding hydrogens is 418 g/mol. The molecule has 1 heterocycles. The van der Waals surface area contributed by atoms with Crippen molar-refractivity contribution in [1.29, 1.82) is 0 Å². The number of anilines is 2. The minimum atomic E-state index is -0.912. The van der Waals surface area contributed by atoms with Crippen molar-refractivity contribution in [3.8, 4) is 5.75 Å². The molecule has 0 radical (unpaired) electrons. The maximum atomic E-state index is 13.4. The van der Waals surface area contributed by atoms with Crippen molar-refractivity contribution in [3.63, 3.8) is 0 Å². The van der Waals surface area contributed by atoms with E-state index < -0.39 is 18.0 Å². The molecule has 1 unspecified atom stereocenters. The Labute approximate surface area is 192 Å². The first-order valence-corrected chi connectivity index (χ1v) is 10.7. The van der Waals surface area contributed by atoms with E-state index in [9.17, 15) is 14.4 Å². The number of ether oxygens (including phenoxy) is 1. The summed E-state index contributed by atoms with van der Waals surface area (Å²) in [6.07, 6.45) is -0.141. The van der Waals surface area contributed by atoms with Gasteiger partial charge in [0.2, 0.25) is 5.91 Å². The molecule has 1 atom stereocenters. The number of methoxy groups -OCH3 is 1. The van der Waals surface area contributed by atoms with Crippen LogP contribution in [0.5, 0.6) is 5.75 Å². The van der Waals surface area contributed by atoms with Crippen LogP contribution in [-0.2, 0) is 16.1 Å². The van der Waals surface area contributed by atoms with Crippen LogP contribution in [0.2, 0.25) is 0 Å². The minimum absolute atomic E-state index is 0.141. The fraction of sp³-hybridized carbons (Fsp3) is 0.192. The summed E-state index contributed by atoms with van der Waals surface area (Å²) in [6, 6.07) is 22.1. The molecule has 1 aliphatic rings. The number of hydrogen-bond acceptors (Lipinski definition) is 4. The Kier molecular flexibility index (Phi) is 6.40. The maximum absolute atomic E-state index is 13.4. The van der Waals surface area contributed by atoms with Crippen LogP contribution >= 0.6 is 0 Å². The second-order valence-corrected chi connectivity index (χ2v) is 7.90. The summed E-state index contributed by atoms with van der Waals surface area (Å²) >= 11 is 0. The lowest BCUT2D eigenvalue weighted by Gasteiger charge is -2.22. The van der Waals surface area contributed by atoms with E-state index in [0.717, 1.165) is 16.0 Å². The first-order valence-electron chi connectivity index (χ1n) is 10.7. The molecule has 4 amide bonds. The topological polar surface area (TPSA) is 79.0 Å². The number of rotatable bonds is 7. The van der Waals surface area contributed by atoms with Gasteiger partial charge in [0.05, 0.1) is 19.2 Å². The van der Waals surface area contributed by atoms with Gasteiger partial charge in [0.25, 0.3) is 5.91 Å². The summed E-state index contributed by atoms with van der Waals surface area (Å²) in [5.41, 5.74) is 3.05. The zero-order valence-electron chi connectivity index (χ0n) is 18.5. The first kappa shape index (κ1) is 22.1. The van der Waals surface area contributed by atoms with E-state index in [1.54, 1.807) is 43.5 Å². The van der Waals surface area contributed by atoms with Gasteiger partial charge in [-0.3, -0.25) is 9.59 Å². The molecule has 1 aliphatic heterocycles. The van der Waals surface area contributed by atoms with Gasteiger partial charge in [-0.15, -0.1) is 0 Å². The van der Waals surface area contributed by atoms with E-state index in [4.69, 9.17) is 4.74 Å². The van der Waals surface area contributed by atoms with Gasteiger partial charge in [0.1, 0.15) is 11.8 Å². The highest BCUT2D eigenvalue weighted by atomic mass is 16.5. The van der Waals surface area contributed by atoms with Crippen LogP contribution in [0.4, 0.5) is 16.2 Å². The van der Waals surface area contributed by atoms with Crippen LogP contribution in [0.1, 0.15) is 17.5 Å². The summed E-state index contributed by atoms with van der Waals surface area (Å²) in [5, 5.41) is 2.80. The van der Waals surface area contributed by atoms with E-state index in [0.29, 0.717) is 17.1 Å². The summed E-state index contributed by atoms with van der Waals surface area (Å²) in [4.78, 5) is 42.1. The monoisotopic (exact) mass is 443 g/mol. The van der Waals surface area contributed by atoms with Gasteiger partial charge >= 0.3 is 6.03 Å². The lowest BCUT2D eigenvalue weighted by molar-refractivity contribution is -0.124. The molecule has 1 N–H and O–H groups in total. The fourth-order valence-corrected chi connectivity index (χ4v) is 3.78. The molecule has 168 valence electrons. The zero-order valence-corrected chi connectivity index (χ0v) is 18.5. The van der Waals surface area contributed by atoms with Crippen molar-refractivity contribution in [2.24, 2.45) is 0 Å². The number of imide groups is 1. The van der Waals surface area contributed by atoms with Crippen molar-refractivity contribution >= 4 is 29.2 Å². The van der Waals surface area contributed by atoms with Crippen LogP contribution in [0.3, 0.4) is 0 Å². The summed E-state index contributed by atoms with van der Waals surface area (Å²) < 4.78 is 5.17. The lowest BCUT2D eigenvalue weighted by Crippen LogP contribution is -2.37. The molecule has 7 heteroatoms. The van der Waals surface area contributed by atoms with Crippen LogP contribution in [0.15, 0.2) is 78.9 Å². The second kappa shape index (κ2) is 9.56. The third kappa shape index (κ3) is 4.87. The molecular formula is C26H25N3O4. The predicted molar refractivity (Wildman–Crippen MR) is 126 cm³/mol. The molecule has 0 aromatic heterocycles. The number of nitrogens with zero attached hydrogens (tertiary/aromatic N) is 2. The van der Waals surface area contributed by atoms with Crippen molar-refractivity contribution in [2.75, 3.05) is 17.3 Å². The number of para-hydroxylation sites is 1. The SMILES string of the molecule is COc1ccc(N2C(=O)C(CC(=O)Nc3ccccc3)N(Cc3ccc(C)cc3)C2=O)cc1. The van der Waals surface area contributed by atoms with Gasteiger partial charge in [-0.05, 0) is 48.9 Å². The molecule has 4 rings (SSSR count). The number of nitrogens with one attached hydrogen (secondary N) is 1. The number of benzene rings is 3. The minimum Gasteiger partial charge on any atom is -0.497 e. The average molecular weight is 444 g/mol. The Morgan fingerprint density at radius 1 is 0.939 bits per heavy atom. The van der Waals surface area contributed by atoms with Crippen LogP contribution in [0.25, 0.3) is 0 Å². The highest BCUT2D eigenvalue weighted by Crippen LogP contribution is 2.30. The van der Waals surface area contributed by atoms with E-state index >= 15 is 0 Å². The lowest BCUT2D eigenvalue weighted by atomic mass is 10.1. The van der Waals surface area contributed by atoms with Gasteiger partial charge in [-0.1, -0.05) is 48.0 Å². The summed E-state index contributed by atoms with van der Waals surface area (Å²) in [6.45, 7) is 2.21. The molecule has 0 bridgehead atoms. The molecule has 7 nitrogen and oxygen atoms in total. The van der Waals surface area contributed by atoms with Crippen molar-refractivity contribution in [2.45, 2.75) is 25.9 Å². The quantitative estimate of drug-likeness (QED) is 0.550. The van der Waals surface area contributed by atoms with Crippen molar-refractivity contribution < 1.29 is 19.1 Å². The van der Waals surface area contributed by atoms with Gasteiger partial charge in [0.15, 0.2) is 0 Å². The van der Waals surface area contributed by atoms with E-state index in [-0.39, 0.29) is 18.9 Å². The maximum Gasteiger partial charge on any atom is 0.332 e. The highest BCUT2D eigenvalue weighted by molar-refractivity contribution is 6.22. The van der Waals surface area contributed by atoms with Crippen molar-refractivity contribution in [3.05, 3.63) is 90.0 Å². The van der Waals surface area contributed by atoms with E-state index in [1.165, 1.54) is 4.90 Å². The third-order valence-corrected chi connectivity index (χ3v) is 5.56. The summed E-state index contributed by atoms with van der Waals surface area (Å²) in [5.74, 6) is -0.147. The number of carbonyl (C=O) groups excluding carboxylic acids is 3. The molecule has 3 aromatic rings. The Morgan fingerprint density at radius 3 is 2.24 bits per heavy atom. The first-order chi connectivity index (χ1) is 16.0. The van der Waals surface area contributed by atoms with Crippen LogP contribution in [-0.4, -0.2) is 35.9 Å². The fourth-order valence-electron chi connectivity index (χ4n) is 3.78. The van der Waals surface area contributed by atoms with Crippen LogP contribution < -0.4 is 15.0 Å². The number of hydrogen-bond donors (Lipinski definition) is 1. The Bertz CT molecular complexity index is 1140. The Balaban J connectivity index is 1.60. The molecule has 0 aliphatic carbocycles. The van der Waals surface area contributed by atoms with Crippen molar-refractivity contribution in [1.82, 2.24) is 4.90 Å². The second-order valence-electron chi connectivity index (χ2n) is 7.90. The number of carbonyl (C=O) groups is 3. The number of urea groups is 1. The largest absolute Gasteiger partial charge is 0.497 e. The Morgan fingerprint density at radius 2 is 1.61 bits per heavy atom. The average Bonchev–Trinajstić information content (AvgIpc) is 3.05. The smallest absolute Gasteiger partial charge is 0.332 e. The Hall–Kier alpha value is -4.13. The predicted octanol–water partition coefficient (Wildman–Crippen LogP) is 4.37. The molecule has 0 saturated carbocycles. The van der Waals surface area contributed by atoms with Gasteiger partial charge in [-0.25, -0.2) is 9.69 Å².